The van der Waals surface area contributed by atoms with E-state index in [-0.39, 0.29) is 6.61 Å². The van der Waals surface area contributed by atoms with Gasteiger partial charge in [0.05, 0.1) is 12.7 Å². The first kappa shape index (κ1) is 12.5. The number of benzene rings is 1. The summed E-state index contributed by atoms with van der Waals surface area (Å²) in [5.74, 6) is 2.07. The Morgan fingerprint density at radius 3 is 2.80 bits per heavy atom. The fourth-order valence-electron chi connectivity index (χ4n) is 1.93. The fourth-order valence-corrected chi connectivity index (χ4v) is 1.93. The lowest BCUT2D eigenvalue weighted by atomic mass is 10.1. The highest BCUT2D eigenvalue weighted by Gasteiger charge is 2.04. The lowest BCUT2D eigenvalue weighted by molar-refractivity contribution is 0.244. The molecule has 0 atom stereocenters. The molecule has 0 spiro atoms. The number of furan rings is 1. The van der Waals surface area contributed by atoms with Crippen LogP contribution in [-0.2, 0) is 13.2 Å². The van der Waals surface area contributed by atoms with Crippen LogP contribution in [-0.4, -0.2) is 10.1 Å². The standard InChI is InChI=1S/C15H14N2O3/c18-9-14-5-4-13(20-14)7-17-12-3-1-2-11(6-12)15-8-16-10-19-15/h1-6,8,10,17-18H,7,9H2. The van der Waals surface area contributed by atoms with Gasteiger partial charge in [-0.05, 0) is 24.3 Å². The summed E-state index contributed by atoms with van der Waals surface area (Å²) < 4.78 is 10.7. The van der Waals surface area contributed by atoms with E-state index in [1.807, 2.05) is 30.3 Å². The van der Waals surface area contributed by atoms with Gasteiger partial charge >= 0.3 is 0 Å². The third-order valence-electron chi connectivity index (χ3n) is 2.92. The van der Waals surface area contributed by atoms with E-state index in [4.69, 9.17) is 13.9 Å². The molecule has 3 rings (SSSR count). The molecule has 2 aromatic heterocycles. The van der Waals surface area contributed by atoms with Crippen LogP contribution < -0.4 is 5.32 Å². The van der Waals surface area contributed by atoms with Crippen molar-refractivity contribution in [3.8, 4) is 11.3 Å². The van der Waals surface area contributed by atoms with Crippen molar-refractivity contribution < 1.29 is 13.9 Å². The summed E-state index contributed by atoms with van der Waals surface area (Å²) in [4.78, 5) is 3.91. The minimum atomic E-state index is -0.0824. The molecular formula is C15H14N2O3. The molecule has 0 unspecified atom stereocenters. The predicted molar refractivity (Wildman–Crippen MR) is 73.9 cm³/mol. The van der Waals surface area contributed by atoms with Crippen molar-refractivity contribution in [2.75, 3.05) is 5.32 Å². The summed E-state index contributed by atoms with van der Waals surface area (Å²) in [6, 6.07) is 11.5. The van der Waals surface area contributed by atoms with Gasteiger partial charge in [0.25, 0.3) is 0 Å². The molecule has 3 aromatic rings. The molecule has 0 bridgehead atoms. The van der Waals surface area contributed by atoms with Gasteiger partial charge in [-0.2, -0.15) is 0 Å². The van der Waals surface area contributed by atoms with Crippen LogP contribution in [0, 0.1) is 0 Å². The molecule has 0 saturated heterocycles. The molecule has 5 heteroatoms. The number of anilines is 1. The summed E-state index contributed by atoms with van der Waals surface area (Å²) in [6.07, 6.45) is 3.09. The largest absolute Gasteiger partial charge is 0.462 e. The quantitative estimate of drug-likeness (QED) is 0.745. The van der Waals surface area contributed by atoms with E-state index >= 15 is 0 Å². The van der Waals surface area contributed by atoms with Gasteiger partial charge in [-0.25, -0.2) is 4.98 Å². The Hall–Kier alpha value is -2.53. The van der Waals surface area contributed by atoms with Gasteiger partial charge in [0.15, 0.2) is 12.2 Å². The number of nitrogens with one attached hydrogen (secondary N) is 1. The molecule has 2 N–H and O–H groups in total. The average molecular weight is 270 g/mol. The SMILES string of the molecule is OCc1ccc(CNc2cccc(-c3cnco3)c2)o1. The van der Waals surface area contributed by atoms with Crippen molar-refractivity contribution in [3.63, 3.8) is 0 Å². The molecule has 0 amide bonds. The molecule has 102 valence electrons. The van der Waals surface area contributed by atoms with Crippen LogP contribution in [0.2, 0.25) is 0 Å². The smallest absolute Gasteiger partial charge is 0.181 e. The van der Waals surface area contributed by atoms with Crippen LogP contribution in [0.4, 0.5) is 5.69 Å². The highest BCUT2D eigenvalue weighted by atomic mass is 16.4. The third-order valence-corrected chi connectivity index (χ3v) is 2.92. The first-order chi connectivity index (χ1) is 9.85. The predicted octanol–water partition coefficient (Wildman–Crippen LogP) is 3.04. The molecule has 20 heavy (non-hydrogen) atoms. The second-order valence-corrected chi connectivity index (χ2v) is 4.33. The number of hydrogen-bond donors (Lipinski definition) is 2. The number of rotatable bonds is 5. The van der Waals surface area contributed by atoms with Crippen LogP contribution in [0.5, 0.6) is 0 Å². The van der Waals surface area contributed by atoms with Crippen molar-refractivity contribution in [1.82, 2.24) is 4.98 Å². The number of hydrogen-bond acceptors (Lipinski definition) is 5. The normalized spacial score (nSPS) is 10.7. The maximum atomic E-state index is 8.95. The van der Waals surface area contributed by atoms with E-state index in [2.05, 4.69) is 10.3 Å². The number of aromatic nitrogens is 1. The van der Waals surface area contributed by atoms with Gasteiger partial charge in [-0.3, -0.25) is 0 Å². The monoisotopic (exact) mass is 270 g/mol. The Kier molecular flexibility index (Phi) is 3.52. The van der Waals surface area contributed by atoms with Crippen LogP contribution in [0.1, 0.15) is 11.5 Å². The van der Waals surface area contributed by atoms with Crippen LogP contribution >= 0.6 is 0 Å². The third kappa shape index (κ3) is 2.73. The summed E-state index contributed by atoms with van der Waals surface area (Å²) in [5.41, 5.74) is 1.92. The van der Waals surface area contributed by atoms with E-state index in [1.165, 1.54) is 6.39 Å². The second kappa shape index (κ2) is 5.63. The summed E-state index contributed by atoms with van der Waals surface area (Å²) in [7, 11) is 0. The molecule has 1 aromatic carbocycles. The van der Waals surface area contributed by atoms with Crippen molar-refractivity contribution >= 4 is 5.69 Å². The minimum Gasteiger partial charge on any atom is -0.462 e. The molecule has 5 nitrogen and oxygen atoms in total. The van der Waals surface area contributed by atoms with Crippen molar-refractivity contribution in [3.05, 3.63) is 60.5 Å². The fraction of sp³-hybridized carbons (Fsp3) is 0.133. The molecule has 0 aliphatic heterocycles. The molecular weight excluding hydrogens is 256 g/mol. The Bertz CT molecular complexity index is 674. The molecule has 0 aliphatic carbocycles. The van der Waals surface area contributed by atoms with E-state index in [1.54, 1.807) is 12.3 Å². The average Bonchev–Trinajstić information content (AvgIpc) is 3.17. The number of nitrogens with zero attached hydrogens (tertiary/aromatic N) is 1. The van der Waals surface area contributed by atoms with Crippen LogP contribution in [0.15, 0.2) is 57.8 Å². The summed E-state index contributed by atoms with van der Waals surface area (Å²) in [5, 5.41) is 12.2. The lowest BCUT2D eigenvalue weighted by Crippen LogP contribution is -1.98. The number of oxazole rings is 1. The van der Waals surface area contributed by atoms with Gasteiger partial charge < -0.3 is 19.3 Å². The van der Waals surface area contributed by atoms with E-state index < -0.39 is 0 Å². The van der Waals surface area contributed by atoms with E-state index in [0.717, 1.165) is 22.8 Å². The van der Waals surface area contributed by atoms with Crippen LogP contribution in [0.3, 0.4) is 0 Å². The van der Waals surface area contributed by atoms with Crippen LogP contribution in [0.25, 0.3) is 11.3 Å². The summed E-state index contributed by atoms with van der Waals surface area (Å²) >= 11 is 0. The molecule has 0 radical (unpaired) electrons. The van der Waals surface area contributed by atoms with E-state index in [9.17, 15) is 0 Å². The lowest BCUT2D eigenvalue weighted by Gasteiger charge is -2.05. The Morgan fingerprint density at radius 2 is 2.05 bits per heavy atom. The van der Waals surface area contributed by atoms with E-state index in [0.29, 0.717) is 12.3 Å². The highest BCUT2D eigenvalue weighted by molar-refractivity contribution is 5.63. The highest BCUT2D eigenvalue weighted by Crippen LogP contribution is 2.22. The Balaban J connectivity index is 1.70. The summed E-state index contributed by atoms with van der Waals surface area (Å²) in [6.45, 7) is 0.473. The molecule has 2 heterocycles. The van der Waals surface area contributed by atoms with Gasteiger partial charge in [0.1, 0.15) is 18.1 Å². The Morgan fingerprint density at radius 1 is 1.15 bits per heavy atom. The zero-order chi connectivity index (χ0) is 13.8. The zero-order valence-electron chi connectivity index (χ0n) is 10.7. The first-order valence-corrected chi connectivity index (χ1v) is 6.26. The van der Waals surface area contributed by atoms with Gasteiger partial charge in [-0.1, -0.05) is 12.1 Å². The first-order valence-electron chi connectivity index (χ1n) is 6.26. The molecule has 0 fully saturated rings. The zero-order valence-corrected chi connectivity index (χ0v) is 10.7. The second-order valence-electron chi connectivity index (χ2n) is 4.33. The van der Waals surface area contributed by atoms with Gasteiger partial charge in [0, 0.05) is 11.3 Å². The number of aliphatic hydroxyl groups is 1. The Labute approximate surface area is 115 Å². The maximum absolute atomic E-state index is 8.95. The van der Waals surface area contributed by atoms with Crippen molar-refractivity contribution in [2.24, 2.45) is 0 Å². The van der Waals surface area contributed by atoms with Gasteiger partial charge in [-0.15, -0.1) is 0 Å². The molecule has 0 saturated carbocycles. The molecule has 0 aliphatic rings. The minimum absolute atomic E-state index is 0.0824. The maximum Gasteiger partial charge on any atom is 0.181 e. The van der Waals surface area contributed by atoms with Crippen molar-refractivity contribution in [2.45, 2.75) is 13.2 Å². The van der Waals surface area contributed by atoms with Crippen molar-refractivity contribution in [1.29, 1.82) is 0 Å². The number of aliphatic hydroxyl groups excluding tert-OH is 1. The van der Waals surface area contributed by atoms with Gasteiger partial charge in [0.2, 0.25) is 0 Å². The topological polar surface area (TPSA) is 71.4 Å².